The summed E-state index contributed by atoms with van der Waals surface area (Å²) in [7, 11) is 0. The first-order valence-electron chi connectivity index (χ1n) is 4.13. The minimum Gasteiger partial charge on any atom is -0.311 e. The fraction of sp³-hybridized carbons (Fsp3) is 0.300. The molecule has 1 aromatic heterocycles. The standard InChI is InChI=1S/C8H10N2.C2H6/c1-3-4-6-10-7-5-9-8(10)2;1-2/h3-7H,1H2,2H3;1-2H3/b6-4-;. The maximum absolute atomic E-state index is 4.05. The fourth-order valence-electron chi connectivity index (χ4n) is 0.699. The van der Waals surface area contributed by atoms with Gasteiger partial charge < -0.3 is 4.57 Å². The Labute approximate surface area is 74.3 Å². The first-order chi connectivity index (χ1) is 5.84. The van der Waals surface area contributed by atoms with Crippen molar-refractivity contribution in [3.8, 4) is 0 Å². The molecule has 0 bridgehead atoms. The highest BCUT2D eigenvalue weighted by molar-refractivity contribution is 5.28. The first-order valence-corrected chi connectivity index (χ1v) is 4.13. The number of imidazole rings is 1. The number of aryl methyl sites for hydroxylation is 1. The van der Waals surface area contributed by atoms with Gasteiger partial charge in [-0.15, -0.1) is 0 Å². The Morgan fingerprint density at radius 1 is 1.50 bits per heavy atom. The van der Waals surface area contributed by atoms with E-state index in [0.29, 0.717) is 0 Å². The predicted octanol–water partition coefficient (Wildman–Crippen LogP) is 2.87. The molecule has 0 aliphatic rings. The molecule has 0 atom stereocenters. The molecule has 0 aliphatic carbocycles. The summed E-state index contributed by atoms with van der Waals surface area (Å²) < 4.78 is 1.93. The van der Waals surface area contributed by atoms with E-state index in [9.17, 15) is 0 Å². The molecule has 0 spiro atoms. The molecule has 12 heavy (non-hydrogen) atoms. The molecule has 66 valence electrons. The maximum Gasteiger partial charge on any atom is 0.109 e. The van der Waals surface area contributed by atoms with Crippen LogP contribution >= 0.6 is 0 Å². The van der Waals surface area contributed by atoms with Crippen LogP contribution in [0.1, 0.15) is 19.7 Å². The smallest absolute Gasteiger partial charge is 0.109 e. The summed E-state index contributed by atoms with van der Waals surface area (Å²) in [6.45, 7) is 9.52. The van der Waals surface area contributed by atoms with Crippen LogP contribution in [0, 0.1) is 6.92 Å². The summed E-state index contributed by atoms with van der Waals surface area (Å²) in [5.41, 5.74) is 0. The van der Waals surface area contributed by atoms with Crippen molar-refractivity contribution in [2.45, 2.75) is 20.8 Å². The molecule has 2 nitrogen and oxygen atoms in total. The number of hydrogen-bond donors (Lipinski definition) is 0. The fourth-order valence-corrected chi connectivity index (χ4v) is 0.699. The topological polar surface area (TPSA) is 17.8 Å². The van der Waals surface area contributed by atoms with E-state index in [4.69, 9.17) is 0 Å². The molecule has 0 aromatic carbocycles. The lowest BCUT2D eigenvalue weighted by Gasteiger charge is -1.92. The second-order valence-electron chi connectivity index (χ2n) is 1.96. The van der Waals surface area contributed by atoms with Crippen molar-refractivity contribution in [3.05, 3.63) is 36.9 Å². The number of rotatable bonds is 2. The molecule has 0 aliphatic heterocycles. The lowest BCUT2D eigenvalue weighted by Crippen LogP contribution is -1.86. The molecule has 0 amide bonds. The molecule has 0 radical (unpaired) electrons. The maximum atomic E-state index is 4.05. The van der Waals surface area contributed by atoms with Crippen LogP contribution in [0.2, 0.25) is 0 Å². The normalized spacial score (nSPS) is 9.25. The molecule has 2 heteroatoms. The molecule has 0 fully saturated rings. The van der Waals surface area contributed by atoms with Crippen LogP contribution in [0.5, 0.6) is 0 Å². The van der Waals surface area contributed by atoms with E-state index in [1.807, 2.05) is 43.8 Å². The third-order valence-corrected chi connectivity index (χ3v) is 1.25. The van der Waals surface area contributed by atoms with Crippen molar-refractivity contribution >= 4 is 6.20 Å². The SMILES string of the molecule is C=C/C=C\n1ccnc1C.CC. The predicted molar refractivity (Wildman–Crippen MR) is 53.8 cm³/mol. The van der Waals surface area contributed by atoms with E-state index in [1.165, 1.54) is 0 Å². The van der Waals surface area contributed by atoms with Gasteiger partial charge in [0.15, 0.2) is 0 Å². The summed E-state index contributed by atoms with van der Waals surface area (Å²) in [4.78, 5) is 4.05. The summed E-state index contributed by atoms with van der Waals surface area (Å²) in [6, 6.07) is 0. The molecule has 1 aromatic rings. The van der Waals surface area contributed by atoms with Gasteiger partial charge in [-0.1, -0.05) is 26.5 Å². The van der Waals surface area contributed by atoms with Crippen molar-refractivity contribution in [3.63, 3.8) is 0 Å². The molecule has 0 saturated carbocycles. The highest BCUT2D eigenvalue weighted by atomic mass is 15.0. The van der Waals surface area contributed by atoms with Gasteiger partial charge in [0.1, 0.15) is 5.82 Å². The molecule has 1 rings (SSSR count). The van der Waals surface area contributed by atoms with E-state index in [1.54, 1.807) is 12.3 Å². The van der Waals surface area contributed by atoms with E-state index in [2.05, 4.69) is 11.6 Å². The molecule has 0 unspecified atom stereocenters. The van der Waals surface area contributed by atoms with Gasteiger partial charge >= 0.3 is 0 Å². The quantitative estimate of drug-likeness (QED) is 0.614. The molecule has 1 heterocycles. The third-order valence-electron chi connectivity index (χ3n) is 1.25. The van der Waals surface area contributed by atoms with Crippen LogP contribution < -0.4 is 0 Å². The van der Waals surface area contributed by atoms with Gasteiger partial charge in [0.05, 0.1) is 0 Å². The number of aromatic nitrogens is 2. The Balaban J connectivity index is 0.000000561. The van der Waals surface area contributed by atoms with Gasteiger partial charge in [-0.25, -0.2) is 4.98 Å². The van der Waals surface area contributed by atoms with Gasteiger partial charge in [0, 0.05) is 18.6 Å². The summed E-state index contributed by atoms with van der Waals surface area (Å²) in [6.07, 6.45) is 9.18. The van der Waals surface area contributed by atoms with Crippen LogP contribution in [0.25, 0.3) is 6.20 Å². The summed E-state index contributed by atoms with van der Waals surface area (Å²) in [5.74, 6) is 0.984. The van der Waals surface area contributed by atoms with Crippen LogP contribution in [0.15, 0.2) is 31.1 Å². The summed E-state index contributed by atoms with van der Waals surface area (Å²) in [5, 5.41) is 0. The van der Waals surface area contributed by atoms with Gasteiger partial charge in [0.25, 0.3) is 0 Å². The van der Waals surface area contributed by atoms with Crippen molar-refractivity contribution in [1.82, 2.24) is 9.55 Å². The zero-order valence-corrected chi connectivity index (χ0v) is 7.99. The molecular weight excluding hydrogens is 148 g/mol. The minimum absolute atomic E-state index is 0.984. The second kappa shape index (κ2) is 6.40. The minimum atomic E-state index is 0.984. The Bertz CT molecular complexity index is 246. The molecule has 0 saturated heterocycles. The van der Waals surface area contributed by atoms with E-state index in [0.717, 1.165) is 5.82 Å². The van der Waals surface area contributed by atoms with Gasteiger partial charge in [-0.05, 0) is 13.0 Å². The zero-order valence-electron chi connectivity index (χ0n) is 7.99. The van der Waals surface area contributed by atoms with Gasteiger partial charge in [-0.2, -0.15) is 0 Å². The van der Waals surface area contributed by atoms with Gasteiger partial charge in [-0.3, -0.25) is 0 Å². The third kappa shape index (κ3) is 3.19. The summed E-state index contributed by atoms with van der Waals surface area (Å²) >= 11 is 0. The lowest BCUT2D eigenvalue weighted by molar-refractivity contribution is 1.03. The Morgan fingerprint density at radius 3 is 2.58 bits per heavy atom. The van der Waals surface area contributed by atoms with Gasteiger partial charge in [0.2, 0.25) is 0 Å². The first kappa shape index (κ1) is 10.7. The van der Waals surface area contributed by atoms with Crippen LogP contribution in [0.3, 0.4) is 0 Å². The number of nitrogens with zero attached hydrogens (tertiary/aromatic N) is 2. The molecular formula is C10H16N2. The van der Waals surface area contributed by atoms with E-state index < -0.39 is 0 Å². The highest BCUT2D eigenvalue weighted by Gasteiger charge is 1.87. The highest BCUT2D eigenvalue weighted by Crippen LogP contribution is 1.94. The zero-order chi connectivity index (χ0) is 9.40. The van der Waals surface area contributed by atoms with Crippen molar-refractivity contribution in [2.75, 3.05) is 0 Å². The Kier molecular flexibility index (Phi) is 5.70. The lowest BCUT2D eigenvalue weighted by atomic mass is 10.6. The van der Waals surface area contributed by atoms with Crippen molar-refractivity contribution < 1.29 is 0 Å². The van der Waals surface area contributed by atoms with Crippen molar-refractivity contribution in [1.29, 1.82) is 0 Å². The van der Waals surface area contributed by atoms with E-state index in [-0.39, 0.29) is 0 Å². The average molecular weight is 164 g/mol. The number of hydrogen-bond acceptors (Lipinski definition) is 1. The largest absolute Gasteiger partial charge is 0.311 e. The number of allylic oxidation sites excluding steroid dienone is 2. The van der Waals surface area contributed by atoms with Crippen LogP contribution in [0.4, 0.5) is 0 Å². The van der Waals surface area contributed by atoms with Crippen LogP contribution in [-0.2, 0) is 0 Å². The van der Waals surface area contributed by atoms with E-state index >= 15 is 0 Å². The Hall–Kier alpha value is -1.31. The average Bonchev–Trinajstić information content (AvgIpc) is 2.51. The Morgan fingerprint density at radius 2 is 2.17 bits per heavy atom. The molecule has 0 N–H and O–H groups in total. The monoisotopic (exact) mass is 164 g/mol. The second-order valence-corrected chi connectivity index (χ2v) is 1.96. The van der Waals surface area contributed by atoms with Crippen LogP contribution in [-0.4, -0.2) is 9.55 Å². The van der Waals surface area contributed by atoms with Crippen molar-refractivity contribution in [2.24, 2.45) is 0 Å².